The number of rotatable bonds is 8. The minimum atomic E-state index is -0.0301. The van der Waals surface area contributed by atoms with Gasteiger partial charge in [-0.1, -0.05) is 23.4 Å². The molecule has 1 aliphatic heterocycles. The lowest BCUT2D eigenvalue weighted by Gasteiger charge is -2.24. The number of hydrogen-bond acceptors (Lipinski definition) is 7. The third-order valence-electron chi connectivity index (χ3n) is 6.45. The molecule has 2 aliphatic rings. The van der Waals surface area contributed by atoms with Crippen molar-refractivity contribution in [3.8, 4) is 28.6 Å². The Bertz CT molecular complexity index is 1140. The number of likely N-dealkylation sites (N-methyl/N-ethyl adjacent to an activating group) is 1. The first kappa shape index (κ1) is 21.6. The number of fused-ring (bicyclic) bond motifs is 3. The van der Waals surface area contributed by atoms with Crippen molar-refractivity contribution in [2.45, 2.75) is 18.9 Å². The van der Waals surface area contributed by atoms with Crippen molar-refractivity contribution in [3.05, 3.63) is 53.6 Å². The molecule has 0 unspecified atom stereocenters. The summed E-state index contributed by atoms with van der Waals surface area (Å²) in [5.41, 5.74) is 4.07. The van der Waals surface area contributed by atoms with Crippen LogP contribution in [0.4, 0.5) is 0 Å². The molecule has 0 spiro atoms. The van der Waals surface area contributed by atoms with Gasteiger partial charge in [0, 0.05) is 30.6 Å². The summed E-state index contributed by atoms with van der Waals surface area (Å²) in [6, 6.07) is 13.7. The minimum Gasteiger partial charge on any atom is -0.492 e. The Morgan fingerprint density at radius 2 is 2.00 bits per heavy atom. The van der Waals surface area contributed by atoms with E-state index >= 15 is 0 Å². The van der Waals surface area contributed by atoms with Crippen LogP contribution >= 0.6 is 0 Å². The lowest BCUT2D eigenvalue weighted by Crippen LogP contribution is -2.30. The standard InChI is InChI=1S/C25H28N4O4/c1-28(2)11-13-32-18-8-6-16(7-9-18)25-26-24(27-33-25)20-5-3-4-19-21(20)14-17-15-22(31)29(10-12-30)23(17)19/h3-9,17,23,30H,10-15H2,1-2H3/t17-,23+/m0/s1. The molecule has 8 nitrogen and oxygen atoms in total. The number of carbonyl (C=O) groups excluding carboxylic acids is 1. The molecule has 1 aromatic heterocycles. The summed E-state index contributed by atoms with van der Waals surface area (Å²) in [7, 11) is 4.03. The Morgan fingerprint density at radius 1 is 1.18 bits per heavy atom. The molecule has 2 atom stereocenters. The summed E-state index contributed by atoms with van der Waals surface area (Å²) in [5, 5.41) is 13.7. The van der Waals surface area contributed by atoms with Crippen LogP contribution in [0.5, 0.6) is 5.75 Å². The van der Waals surface area contributed by atoms with Crippen molar-refractivity contribution in [2.75, 3.05) is 40.4 Å². The van der Waals surface area contributed by atoms with Gasteiger partial charge in [0.15, 0.2) is 0 Å². The van der Waals surface area contributed by atoms with Gasteiger partial charge in [-0.05, 0) is 61.8 Å². The van der Waals surface area contributed by atoms with E-state index in [0.29, 0.717) is 31.3 Å². The minimum absolute atomic E-state index is 0.0195. The maximum Gasteiger partial charge on any atom is 0.258 e. The zero-order valence-electron chi connectivity index (χ0n) is 18.9. The van der Waals surface area contributed by atoms with Crippen molar-refractivity contribution in [3.63, 3.8) is 0 Å². The third-order valence-corrected chi connectivity index (χ3v) is 6.45. The molecule has 1 amide bonds. The first-order chi connectivity index (χ1) is 16.0. The molecule has 1 aliphatic carbocycles. The quantitative estimate of drug-likeness (QED) is 0.567. The van der Waals surface area contributed by atoms with Crippen molar-refractivity contribution in [2.24, 2.45) is 5.92 Å². The van der Waals surface area contributed by atoms with Crippen LogP contribution in [0.1, 0.15) is 23.6 Å². The Kier molecular flexibility index (Phi) is 5.86. The second kappa shape index (κ2) is 8.96. The highest BCUT2D eigenvalue weighted by Gasteiger charge is 2.46. The highest BCUT2D eigenvalue weighted by molar-refractivity contribution is 5.81. The van der Waals surface area contributed by atoms with Crippen LogP contribution in [0.2, 0.25) is 0 Å². The molecule has 0 saturated carbocycles. The van der Waals surface area contributed by atoms with Crippen LogP contribution in [0, 0.1) is 5.92 Å². The molecule has 5 rings (SSSR count). The molecule has 1 fully saturated rings. The molecule has 0 radical (unpaired) electrons. The number of ether oxygens (including phenoxy) is 1. The van der Waals surface area contributed by atoms with E-state index in [-0.39, 0.29) is 24.5 Å². The largest absolute Gasteiger partial charge is 0.492 e. The van der Waals surface area contributed by atoms with E-state index in [2.05, 4.69) is 21.1 Å². The van der Waals surface area contributed by atoms with Gasteiger partial charge >= 0.3 is 0 Å². The number of likely N-dealkylation sites (tertiary alicyclic amines) is 1. The molecule has 1 N–H and O–H groups in total. The van der Waals surface area contributed by atoms with E-state index in [4.69, 9.17) is 9.26 Å². The van der Waals surface area contributed by atoms with Crippen LogP contribution < -0.4 is 4.74 Å². The van der Waals surface area contributed by atoms with Crippen molar-refractivity contribution >= 4 is 5.91 Å². The van der Waals surface area contributed by atoms with Gasteiger partial charge in [0.2, 0.25) is 11.7 Å². The Morgan fingerprint density at radius 3 is 2.76 bits per heavy atom. The Labute approximate surface area is 192 Å². The molecule has 2 aromatic carbocycles. The number of aromatic nitrogens is 2. The molecular formula is C25H28N4O4. The number of aliphatic hydroxyl groups is 1. The van der Waals surface area contributed by atoms with Crippen molar-refractivity contribution in [1.82, 2.24) is 19.9 Å². The second-order valence-electron chi connectivity index (χ2n) is 8.90. The fourth-order valence-corrected chi connectivity index (χ4v) is 4.91. The summed E-state index contributed by atoms with van der Waals surface area (Å²) in [6.07, 6.45) is 1.31. The number of β-amino-alcohol motifs (C(OH)–C–C–N with tert-alkyl or cyclic N) is 1. The number of aliphatic hydroxyl groups excluding tert-OH is 1. The van der Waals surface area contributed by atoms with Gasteiger partial charge in [-0.25, -0.2) is 0 Å². The van der Waals surface area contributed by atoms with E-state index in [1.807, 2.05) is 55.4 Å². The molecule has 3 aromatic rings. The smallest absolute Gasteiger partial charge is 0.258 e. The molecule has 2 heterocycles. The summed E-state index contributed by atoms with van der Waals surface area (Å²) < 4.78 is 11.3. The van der Waals surface area contributed by atoms with Gasteiger partial charge in [-0.3, -0.25) is 4.79 Å². The molecule has 8 heteroatoms. The van der Waals surface area contributed by atoms with Gasteiger partial charge < -0.3 is 24.2 Å². The molecule has 33 heavy (non-hydrogen) atoms. The van der Waals surface area contributed by atoms with Crippen molar-refractivity contribution in [1.29, 1.82) is 0 Å². The predicted molar refractivity (Wildman–Crippen MR) is 123 cm³/mol. The lowest BCUT2D eigenvalue weighted by atomic mass is 10.0. The first-order valence-corrected chi connectivity index (χ1v) is 11.3. The van der Waals surface area contributed by atoms with Crippen molar-refractivity contribution < 1.29 is 19.2 Å². The summed E-state index contributed by atoms with van der Waals surface area (Å²) in [4.78, 5) is 20.9. The zero-order chi connectivity index (χ0) is 22.9. The van der Waals surface area contributed by atoms with E-state index in [0.717, 1.165) is 35.4 Å². The molecular weight excluding hydrogens is 420 g/mol. The number of carbonyl (C=O) groups is 1. The molecule has 172 valence electrons. The normalized spacial score (nSPS) is 19.3. The van der Waals surface area contributed by atoms with Gasteiger partial charge in [0.1, 0.15) is 12.4 Å². The number of nitrogens with zero attached hydrogens (tertiary/aromatic N) is 4. The fraction of sp³-hybridized carbons (Fsp3) is 0.400. The van der Waals surface area contributed by atoms with E-state index in [9.17, 15) is 9.90 Å². The monoisotopic (exact) mass is 448 g/mol. The Balaban J connectivity index is 1.36. The van der Waals surface area contributed by atoms with E-state index in [1.54, 1.807) is 0 Å². The van der Waals surface area contributed by atoms with Crippen LogP contribution in [0.15, 0.2) is 47.0 Å². The van der Waals surface area contributed by atoms with Crippen LogP contribution in [0.3, 0.4) is 0 Å². The maximum atomic E-state index is 12.4. The van der Waals surface area contributed by atoms with Gasteiger partial charge in [0.25, 0.3) is 5.89 Å². The van der Waals surface area contributed by atoms with Crippen LogP contribution in [-0.2, 0) is 11.2 Å². The predicted octanol–water partition coefficient (Wildman–Crippen LogP) is 2.78. The average Bonchev–Trinajstić information content (AvgIpc) is 3.49. The second-order valence-corrected chi connectivity index (χ2v) is 8.90. The van der Waals surface area contributed by atoms with Gasteiger partial charge in [-0.15, -0.1) is 0 Å². The van der Waals surface area contributed by atoms with Gasteiger partial charge in [0.05, 0.1) is 12.6 Å². The highest BCUT2D eigenvalue weighted by Crippen LogP contribution is 2.49. The van der Waals surface area contributed by atoms with E-state index in [1.165, 1.54) is 5.56 Å². The highest BCUT2D eigenvalue weighted by atomic mass is 16.5. The number of amides is 1. The molecule has 1 saturated heterocycles. The average molecular weight is 449 g/mol. The lowest BCUT2D eigenvalue weighted by molar-refractivity contribution is -0.129. The Hall–Kier alpha value is -3.23. The SMILES string of the molecule is CN(C)CCOc1ccc(-c2nc(-c3cccc4c3C[C@H]3CC(=O)N(CCO)[C@@H]43)no2)cc1. The van der Waals surface area contributed by atoms with E-state index < -0.39 is 0 Å². The van der Waals surface area contributed by atoms with Crippen LogP contribution in [-0.4, -0.2) is 71.4 Å². The fourth-order valence-electron chi connectivity index (χ4n) is 4.91. The maximum absolute atomic E-state index is 12.4. The third kappa shape index (κ3) is 4.12. The zero-order valence-corrected chi connectivity index (χ0v) is 18.9. The number of benzene rings is 2. The topological polar surface area (TPSA) is 91.9 Å². The van der Waals surface area contributed by atoms with Gasteiger partial charge in [-0.2, -0.15) is 4.98 Å². The molecule has 0 bridgehead atoms. The summed E-state index contributed by atoms with van der Waals surface area (Å²) >= 11 is 0. The summed E-state index contributed by atoms with van der Waals surface area (Å²) in [6.45, 7) is 1.81. The summed E-state index contributed by atoms with van der Waals surface area (Å²) in [5.74, 6) is 2.15. The van der Waals surface area contributed by atoms with Crippen LogP contribution in [0.25, 0.3) is 22.8 Å². The number of hydrogen-bond donors (Lipinski definition) is 1. The first-order valence-electron chi connectivity index (χ1n) is 11.3.